The van der Waals surface area contributed by atoms with Gasteiger partial charge in [-0.05, 0) is 47.9 Å². The quantitative estimate of drug-likeness (QED) is 0.655. The van der Waals surface area contributed by atoms with E-state index in [1.54, 1.807) is 36.7 Å². The molecule has 5 heteroatoms. The Morgan fingerprint density at radius 3 is 2.52 bits per heavy atom. The highest BCUT2D eigenvalue weighted by Crippen LogP contribution is 2.17. The number of anilines is 1. The fraction of sp³-hybridized carbons (Fsp3) is 0.100. The Balaban J connectivity index is 1.64. The van der Waals surface area contributed by atoms with Crippen LogP contribution in [-0.4, -0.2) is 15.9 Å². The van der Waals surface area contributed by atoms with Gasteiger partial charge in [-0.15, -0.1) is 0 Å². The molecular formula is C20H18ClN3O. The van der Waals surface area contributed by atoms with Gasteiger partial charge < -0.3 is 10.3 Å². The molecule has 1 amide bonds. The van der Waals surface area contributed by atoms with Crippen molar-refractivity contribution in [1.29, 1.82) is 0 Å². The van der Waals surface area contributed by atoms with Crippen LogP contribution < -0.4 is 5.32 Å². The summed E-state index contributed by atoms with van der Waals surface area (Å²) >= 11 is 5.84. The van der Waals surface area contributed by atoms with Crippen molar-refractivity contribution in [2.24, 2.45) is 0 Å². The number of aromatic amines is 1. The average molecular weight is 352 g/mol. The second kappa shape index (κ2) is 7.81. The van der Waals surface area contributed by atoms with Crippen LogP contribution in [-0.2, 0) is 11.2 Å². The van der Waals surface area contributed by atoms with Crippen LogP contribution in [0.3, 0.4) is 0 Å². The van der Waals surface area contributed by atoms with E-state index in [9.17, 15) is 4.79 Å². The number of H-pyrrole nitrogens is 1. The van der Waals surface area contributed by atoms with Crippen LogP contribution in [0.5, 0.6) is 0 Å². The van der Waals surface area contributed by atoms with E-state index in [4.69, 9.17) is 11.6 Å². The number of carbonyl (C=O) groups is 1. The summed E-state index contributed by atoms with van der Waals surface area (Å²) in [4.78, 5) is 19.3. The van der Waals surface area contributed by atoms with E-state index in [0.29, 0.717) is 10.7 Å². The van der Waals surface area contributed by atoms with Crippen LogP contribution in [0.15, 0.2) is 67.1 Å². The number of rotatable bonds is 5. The molecule has 1 heterocycles. The molecule has 0 saturated heterocycles. The number of imidazole rings is 1. The molecule has 1 aromatic heterocycles. The summed E-state index contributed by atoms with van der Waals surface area (Å²) in [6, 6.07) is 15.2. The fourth-order valence-corrected chi connectivity index (χ4v) is 2.60. The number of benzene rings is 2. The van der Waals surface area contributed by atoms with Crippen molar-refractivity contribution in [2.75, 3.05) is 5.32 Å². The lowest BCUT2D eigenvalue weighted by Crippen LogP contribution is -2.08. The molecule has 0 spiro atoms. The van der Waals surface area contributed by atoms with E-state index < -0.39 is 0 Å². The number of carbonyl (C=O) groups excluding carboxylic acids is 1. The summed E-state index contributed by atoms with van der Waals surface area (Å²) in [5, 5.41) is 3.46. The van der Waals surface area contributed by atoms with E-state index in [-0.39, 0.29) is 5.91 Å². The molecule has 0 atom stereocenters. The first-order valence-electron chi connectivity index (χ1n) is 7.92. The maximum atomic E-state index is 12.1. The van der Waals surface area contributed by atoms with E-state index in [2.05, 4.69) is 27.4 Å². The predicted octanol–water partition coefficient (Wildman–Crippen LogP) is 4.70. The molecule has 0 aliphatic heterocycles. The first kappa shape index (κ1) is 17.0. The molecule has 2 aromatic carbocycles. The molecule has 126 valence electrons. The zero-order valence-electron chi connectivity index (χ0n) is 13.8. The minimum Gasteiger partial charge on any atom is -0.351 e. The molecule has 0 radical (unpaired) electrons. The molecule has 4 nitrogen and oxygen atoms in total. The van der Waals surface area contributed by atoms with E-state index in [1.165, 1.54) is 5.56 Å². The molecule has 0 aliphatic carbocycles. The van der Waals surface area contributed by atoms with E-state index in [0.717, 1.165) is 23.3 Å². The Morgan fingerprint density at radius 2 is 1.88 bits per heavy atom. The number of nitrogens with zero attached hydrogens (tertiary/aromatic N) is 1. The van der Waals surface area contributed by atoms with Crippen molar-refractivity contribution in [2.45, 2.75) is 13.3 Å². The molecule has 2 N–H and O–H groups in total. The third-order valence-electron chi connectivity index (χ3n) is 3.81. The smallest absolute Gasteiger partial charge is 0.248 e. The van der Waals surface area contributed by atoms with Crippen LogP contribution in [0.25, 0.3) is 5.57 Å². The average Bonchev–Trinajstić information content (AvgIpc) is 3.10. The molecule has 25 heavy (non-hydrogen) atoms. The summed E-state index contributed by atoms with van der Waals surface area (Å²) in [7, 11) is 0. The molecule has 0 fully saturated rings. The zero-order chi connectivity index (χ0) is 17.6. The van der Waals surface area contributed by atoms with Gasteiger partial charge in [-0.3, -0.25) is 4.79 Å². The van der Waals surface area contributed by atoms with Crippen molar-refractivity contribution in [1.82, 2.24) is 9.97 Å². The van der Waals surface area contributed by atoms with Gasteiger partial charge in [0.05, 0.1) is 12.0 Å². The lowest BCUT2D eigenvalue weighted by molar-refractivity contribution is -0.111. The number of allylic oxidation sites excluding steroid dienone is 1. The van der Waals surface area contributed by atoms with Crippen molar-refractivity contribution in [3.63, 3.8) is 0 Å². The minimum absolute atomic E-state index is 0.166. The Morgan fingerprint density at radius 1 is 1.16 bits per heavy atom. The summed E-state index contributed by atoms with van der Waals surface area (Å²) in [5.74, 6) is -0.166. The Hall–Kier alpha value is -2.85. The van der Waals surface area contributed by atoms with Crippen molar-refractivity contribution in [3.05, 3.63) is 89.0 Å². The van der Waals surface area contributed by atoms with Crippen LogP contribution in [0, 0.1) is 0 Å². The van der Waals surface area contributed by atoms with Gasteiger partial charge in [-0.1, -0.05) is 35.9 Å². The molecule has 3 aromatic rings. The van der Waals surface area contributed by atoms with Gasteiger partial charge in [0, 0.05) is 29.4 Å². The van der Waals surface area contributed by atoms with Gasteiger partial charge >= 0.3 is 0 Å². The molecule has 3 rings (SSSR count). The van der Waals surface area contributed by atoms with Gasteiger partial charge in [0.25, 0.3) is 0 Å². The second-order valence-electron chi connectivity index (χ2n) is 5.76. The monoisotopic (exact) mass is 351 g/mol. The highest BCUT2D eigenvalue weighted by molar-refractivity contribution is 6.30. The van der Waals surface area contributed by atoms with Gasteiger partial charge in [-0.25, -0.2) is 4.98 Å². The summed E-state index contributed by atoms with van der Waals surface area (Å²) in [6.07, 6.45) is 5.94. The van der Waals surface area contributed by atoms with E-state index >= 15 is 0 Å². The fourth-order valence-electron chi connectivity index (χ4n) is 2.47. The predicted molar refractivity (Wildman–Crippen MR) is 102 cm³/mol. The number of aromatic nitrogens is 2. The Bertz CT molecular complexity index is 866. The number of hydrogen-bond acceptors (Lipinski definition) is 2. The van der Waals surface area contributed by atoms with Crippen molar-refractivity contribution < 1.29 is 4.79 Å². The lowest BCUT2D eigenvalue weighted by Gasteiger charge is -2.06. The molecule has 0 saturated carbocycles. The first-order chi connectivity index (χ1) is 12.1. The number of amides is 1. The highest BCUT2D eigenvalue weighted by Gasteiger charge is 2.03. The molecule has 0 aliphatic rings. The van der Waals surface area contributed by atoms with Crippen LogP contribution >= 0.6 is 11.6 Å². The highest BCUT2D eigenvalue weighted by atomic mass is 35.5. The molecule has 0 bridgehead atoms. The summed E-state index contributed by atoms with van der Waals surface area (Å²) in [6.45, 7) is 1.92. The number of nitrogens with one attached hydrogen (secondary N) is 2. The number of halogens is 1. The summed E-state index contributed by atoms with van der Waals surface area (Å²) in [5.41, 5.74) is 4.80. The maximum absolute atomic E-state index is 12.1. The van der Waals surface area contributed by atoms with Crippen LogP contribution in [0.1, 0.15) is 23.7 Å². The van der Waals surface area contributed by atoms with Crippen molar-refractivity contribution in [3.8, 4) is 0 Å². The molecule has 0 unspecified atom stereocenters. The van der Waals surface area contributed by atoms with Crippen LogP contribution in [0.4, 0.5) is 5.69 Å². The molecular weight excluding hydrogens is 334 g/mol. The Labute approximate surface area is 151 Å². The first-order valence-corrected chi connectivity index (χ1v) is 8.30. The minimum atomic E-state index is -0.166. The standard InChI is InChI=1S/C20H18ClN3O/c1-14(10-20(25)24-18-8-6-17(21)7-9-18)16-4-2-15(3-5-16)11-19-12-22-13-23-19/h2-10,12-13H,11H2,1H3,(H,22,23)(H,24,25)/b14-10+. The topological polar surface area (TPSA) is 57.8 Å². The third-order valence-corrected chi connectivity index (χ3v) is 4.06. The van der Waals surface area contributed by atoms with Crippen molar-refractivity contribution >= 4 is 28.8 Å². The maximum Gasteiger partial charge on any atom is 0.248 e. The third kappa shape index (κ3) is 4.81. The van der Waals surface area contributed by atoms with Gasteiger partial charge in [0.15, 0.2) is 0 Å². The van der Waals surface area contributed by atoms with Gasteiger partial charge in [0.2, 0.25) is 5.91 Å². The van der Waals surface area contributed by atoms with Gasteiger partial charge in [0.1, 0.15) is 0 Å². The SMILES string of the molecule is C/C(=C\C(=O)Nc1ccc(Cl)cc1)c1ccc(Cc2c[nH]cn2)cc1. The van der Waals surface area contributed by atoms with Crippen LogP contribution in [0.2, 0.25) is 5.02 Å². The largest absolute Gasteiger partial charge is 0.351 e. The summed E-state index contributed by atoms with van der Waals surface area (Å²) < 4.78 is 0. The number of hydrogen-bond donors (Lipinski definition) is 2. The normalized spacial score (nSPS) is 11.4. The van der Waals surface area contributed by atoms with Gasteiger partial charge in [-0.2, -0.15) is 0 Å². The second-order valence-corrected chi connectivity index (χ2v) is 6.19. The Kier molecular flexibility index (Phi) is 5.31. The lowest BCUT2D eigenvalue weighted by atomic mass is 10.0. The van der Waals surface area contributed by atoms with E-state index in [1.807, 2.05) is 25.3 Å². The zero-order valence-corrected chi connectivity index (χ0v) is 14.5.